The number of amides is 1. The van der Waals surface area contributed by atoms with Crippen molar-refractivity contribution in [2.45, 2.75) is 44.3 Å². The molecule has 1 N–H and O–H groups in total. The predicted octanol–water partition coefficient (Wildman–Crippen LogP) is 5.46. The van der Waals surface area contributed by atoms with Gasteiger partial charge in [0.25, 0.3) is 0 Å². The van der Waals surface area contributed by atoms with Gasteiger partial charge >= 0.3 is 6.61 Å². The van der Waals surface area contributed by atoms with E-state index in [1.165, 1.54) is 42.1 Å². The molecule has 0 aliphatic carbocycles. The number of thioether (sulfide) groups is 1. The van der Waals surface area contributed by atoms with E-state index in [1.54, 1.807) is 25.1 Å². The Morgan fingerprint density at radius 3 is 2.41 bits per heavy atom. The first kappa shape index (κ1) is 23.6. The Kier molecular flexibility index (Phi) is 7.79. The molecule has 32 heavy (non-hydrogen) atoms. The van der Waals surface area contributed by atoms with Crippen molar-refractivity contribution in [3.8, 4) is 17.1 Å². The lowest BCUT2D eigenvalue weighted by Gasteiger charge is -2.15. The van der Waals surface area contributed by atoms with Crippen LogP contribution in [0.25, 0.3) is 11.4 Å². The van der Waals surface area contributed by atoms with Gasteiger partial charge in [0, 0.05) is 12.2 Å². The summed E-state index contributed by atoms with van der Waals surface area (Å²) in [6, 6.07) is 12.0. The number of alkyl halides is 2. The van der Waals surface area contributed by atoms with Gasteiger partial charge in [-0.3, -0.25) is 4.79 Å². The third-order valence-corrected chi connectivity index (χ3v) is 5.46. The van der Waals surface area contributed by atoms with Crippen LogP contribution in [0.5, 0.6) is 5.75 Å². The topological polar surface area (TPSA) is 69.0 Å². The Morgan fingerprint density at radius 1 is 1.09 bits per heavy atom. The maximum Gasteiger partial charge on any atom is 0.387 e. The smallest absolute Gasteiger partial charge is 0.387 e. The van der Waals surface area contributed by atoms with E-state index in [0.29, 0.717) is 28.8 Å². The summed E-state index contributed by atoms with van der Waals surface area (Å²) < 4.78 is 45.0. The highest BCUT2D eigenvalue weighted by Crippen LogP contribution is 2.29. The maximum absolute atomic E-state index is 14.3. The molecular weight excluding hydrogens is 441 g/mol. The molecule has 0 saturated carbocycles. The Labute approximate surface area is 188 Å². The molecule has 0 bridgehead atoms. The van der Waals surface area contributed by atoms with Crippen molar-refractivity contribution < 1.29 is 22.7 Å². The predicted molar refractivity (Wildman–Crippen MR) is 117 cm³/mol. The molecule has 0 aliphatic heterocycles. The van der Waals surface area contributed by atoms with Crippen LogP contribution in [0.15, 0.2) is 53.7 Å². The second-order valence-corrected chi connectivity index (χ2v) is 8.75. The highest BCUT2D eigenvalue weighted by Gasteiger charge is 2.22. The van der Waals surface area contributed by atoms with E-state index in [1.807, 2.05) is 18.4 Å². The van der Waals surface area contributed by atoms with Gasteiger partial charge in [0.15, 0.2) is 11.0 Å². The van der Waals surface area contributed by atoms with Gasteiger partial charge in [-0.25, -0.2) is 4.39 Å². The number of nitrogens with one attached hydrogen (secondary N) is 1. The fourth-order valence-corrected chi connectivity index (χ4v) is 3.78. The molecule has 1 atom stereocenters. The van der Waals surface area contributed by atoms with Crippen molar-refractivity contribution in [3.05, 3.63) is 54.3 Å². The summed E-state index contributed by atoms with van der Waals surface area (Å²) in [7, 11) is 0. The van der Waals surface area contributed by atoms with Gasteiger partial charge in [-0.2, -0.15) is 8.78 Å². The van der Waals surface area contributed by atoms with Gasteiger partial charge in [-0.1, -0.05) is 37.7 Å². The molecule has 1 aromatic heterocycles. The molecule has 0 saturated heterocycles. The number of aromatic nitrogens is 3. The minimum atomic E-state index is -2.91. The molecule has 3 rings (SSSR count). The molecule has 0 aliphatic rings. The van der Waals surface area contributed by atoms with E-state index in [4.69, 9.17) is 0 Å². The van der Waals surface area contributed by atoms with Crippen LogP contribution in [0.1, 0.15) is 20.8 Å². The lowest BCUT2D eigenvalue weighted by molar-refractivity contribution is -0.115. The number of rotatable bonds is 9. The lowest BCUT2D eigenvalue weighted by atomic mass is 10.2. The highest BCUT2D eigenvalue weighted by atomic mass is 32.2. The Bertz CT molecular complexity index is 1060. The number of hydrogen-bond donors (Lipinski definition) is 1. The summed E-state index contributed by atoms with van der Waals surface area (Å²) in [6.45, 7) is 3.41. The van der Waals surface area contributed by atoms with E-state index >= 15 is 0 Å². The van der Waals surface area contributed by atoms with E-state index in [2.05, 4.69) is 20.3 Å². The number of carbonyl (C=O) groups is 1. The van der Waals surface area contributed by atoms with Gasteiger partial charge in [0.2, 0.25) is 5.91 Å². The summed E-state index contributed by atoms with van der Waals surface area (Å²) in [5, 5.41) is 11.1. The number of hydrogen-bond acceptors (Lipinski definition) is 5. The second kappa shape index (κ2) is 10.5. The molecule has 170 valence electrons. The number of anilines is 1. The van der Waals surface area contributed by atoms with Crippen molar-refractivity contribution in [1.82, 2.24) is 14.8 Å². The number of carbonyl (C=O) groups excluding carboxylic acids is 1. The van der Waals surface area contributed by atoms with Gasteiger partial charge < -0.3 is 14.6 Å². The van der Waals surface area contributed by atoms with Crippen LogP contribution in [0.4, 0.5) is 18.9 Å². The molecule has 0 spiro atoms. The fourth-order valence-electron chi connectivity index (χ4n) is 2.92. The molecule has 1 heterocycles. The zero-order chi connectivity index (χ0) is 23.3. The molecule has 10 heteroatoms. The van der Waals surface area contributed by atoms with Crippen LogP contribution >= 0.6 is 11.8 Å². The third-order valence-electron chi connectivity index (χ3n) is 4.38. The average Bonchev–Trinajstić information content (AvgIpc) is 3.10. The number of halogens is 3. The van der Waals surface area contributed by atoms with Crippen molar-refractivity contribution in [1.29, 1.82) is 0 Å². The first-order chi connectivity index (χ1) is 15.2. The molecule has 6 nitrogen and oxygen atoms in total. The molecule has 1 unspecified atom stereocenters. The van der Waals surface area contributed by atoms with E-state index in [0.717, 1.165) is 0 Å². The summed E-state index contributed by atoms with van der Waals surface area (Å²) in [6.07, 6.45) is 0. The Morgan fingerprint density at radius 2 is 1.78 bits per heavy atom. The molecule has 0 fully saturated rings. The molecular formula is C22H23F3N4O2S. The molecule has 0 radical (unpaired) electrons. The van der Waals surface area contributed by atoms with Crippen molar-refractivity contribution >= 4 is 23.4 Å². The second-order valence-electron chi connectivity index (χ2n) is 7.44. The van der Waals surface area contributed by atoms with Crippen molar-refractivity contribution in [3.63, 3.8) is 0 Å². The van der Waals surface area contributed by atoms with Crippen LogP contribution in [0.3, 0.4) is 0 Å². The first-order valence-electron chi connectivity index (χ1n) is 9.95. The standard InChI is InChI=1S/C22H23F3N4O2S/c1-13(2)12-29-19(17-6-4-5-7-18(17)23)27-28-22(29)32-14(3)20(30)26-15-8-10-16(11-9-15)31-21(24)25/h4-11,13-14,21H,12H2,1-3H3,(H,26,30). The minimum Gasteiger partial charge on any atom is -0.435 e. The SMILES string of the molecule is CC(C)Cn1c(SC(C)C(=O)Nc2ccc(OC(F)F)cc2)nnc1-c1ccccc1F. The van der Waals surface area contributed by atoms with Crippen LogP contribution in [0.2, 0.25) is 0 Å². The largest absolute Gasteiger partial charge is 0.435 e. The van der Waals surface area contributed by atoms with Crippen LogP contribution < -0.4 is 10.1 Å². The van der Waals surface area contributed by atoms with Crippen molar-refractivity contribution in [2.75, 3.05) is 5.32 Å². The van der Waals surface area contributed by atoms with Crippen molar-refractivity contribution in [2.24, 2.45) is 5.92 Å². The monoisotopic (exact) mass is 464 g/mol. The van der Waals surface area contributed by atoms with Crippen LogP contribution in [-0.2, 0) is 11.3 Å². The summed E-state index contributed by atoms with van der Waals surface area (Å²) in [4.78, 5) is 12.6. The fraction of sp³-hybridized carbons (Fsp3) is 0.318. The Balaban J connectivity index is 1.74. The number of nitrogens with zero attached hydrogens (tertiary/aromatic N) is 3. The molecule has 3 aromatic rings. The van der Waals surface area contributed by atoms with Gasteiger partial charge in [0.1, 0.15) is 11.6 Å². The Hall–Kier alpha value is -3.01. The summed E-state index contributed by atoms with van der Waals surface area (Å²) in [5.74, 6) is -0.0472. The maximum atomic E-state index is 14.3. The molecule has 2 aromatic carbocycles. The zero-order valence-corrected chi connectivity index (χ0v) is 18.6. The van der Waals surface area contributed by atoms with E-state index < -0.39 is 17.7 Å². The highest BCUT2D eigenvalue weighted by molar-refractivity contribution is 8.00. The van der Waals surface area contributed by atoms with Gasteiger partial charge in [-0.05, 0) is 49.2 Å². The lowest BCUT2D eigenvalue weighted by Crippen LogP contribution is -2.23. The average molecular weight is 465 g/mol. The first-order valence-corrected chi connectivity index (χ1v) is 10.8. The van der Waals surface area contributed by atoms with Gasteiger partial charge in [-0.15, -0.1) is 10.2 Å². The summed E-state index contributed by atoms with van der Waals surface area (Å²) >= 11 is 1.20. The minimum absolute atomic E-state index is 0.00267. The quantitative estimate of drug-likeness (QED) is 0.426. The van der Waals surface area contributed by atoms with Crippen LogP contribution in [0, 0.1) is 11.7 Å². The molecule has 1 amide bonds. The number of ether oxygens (including phenoxy) is 1. The third kappa shape index (κ3) is 6.03. The van der Waals surface area contributed by atoms with Gasteiger partial charge in [0.05, 0.1) is 10.8 Å². The normalized spacial score (nSPS) is 12.2. The van der Waals surface area contributed by atoms with E-state index in [9.17, 15) is 18.0 Å². The van der Waals surface area contributed by atoms with Crippen LogP contribution in [-0.4, -0.2) is 32.5 Å². The van der Waals surface area contributed by atoms with E-state index in [-0.39, 0.29) is 17.6 Å². The number of benzene rings is 2. The zero-order valence-electron chi connectivity index (χ0n) is 17.8. The summed E-state index contributed by atoms with van der Waals surface area (Å²) in [5.41, 5.74) is 0.787.